The van der Waals surface area contributed by atoms with Gasteiger partial charge in [0.05, 0.1) is 20.3 Å². The number of methoxy groups -OCH3 is 2. The zero-order valence-electron chi connectivity index (χ0n) is 16.6. The lowest BCUT2D eigenvalue weighted by Gasteiger charge is -2.34. The number of ether oxygens (including phenoxy) is 3. The smallest absolute Gasteiger partial charge is 0.256 e. The van der Waals surface area contributed by atoms with E-state index in [4.69, 9.17) is 14.2 Å². The number of hydrogen-bond donors (Lipinski definition) is 1. The van der Waals surface area contributed by atoms with E-state index in [1.807, 2.05) is 24.4 Å². The summed E-state index contributed by atoms with van der Waals surface area (Å²) < 4.78 is 16.6. The predicted molar refractivity (Wildman–Crippen MR) is 106 cm³/mol. The molecule has 1 fully saturated rings. The van der Waals surface area contributed by atoms with Crippen molar-refractivity contribution in [2.24, 2.45) is 0 Å². The normalized spacial score (nSPS) is 17.7. The number of benzene rings is 1. The third kappa shape index (κ3) is 4.90. The molecule has 1 atom stereocenters. The molecule has 0 radical (unpaired) electrons. The van der Waals surface area contributed by atoms with Crippen molar-refractivity contribution < 1.29 is 14.2 Å². The maximum Gasteiger partial charge on any atom is 0.256 e. The molecule has 6 heteroatoms. The van der Waals surface area contributed by atoms with Crippen molar-refractivity contribution in [2.75, 3.05) is 33.9 Å². The van der Waals surface area contributed by atoms with Gasteiger partial charge in [0.15, 0.2) is 5.75 Å². The minimum Gasteiger partial charge on any atom is -0.491 e. The van der Waals surface area contributed by atoms with Crippen molar-refractivity contribution in [3.63, 3.8) is 0 Å². The standard InChI is InChI=1S/C21H29N3O3/c1-15(2)27-19-8-6-5-7-17(19)18-14-24(10-9-22-18)13-16-11-20(25-3)21(26-4)23-12-16/h5-8,11-12,15,18,22H,9-10,13-14H2,1-4H3/t18-/m0/s1. The van der Waals surface area contributed by atoms with Crippen LogP contribution in [-0.4, -0.2) is 49.8 Å². The Balaban J connectivity index is 1.72. The van der Waals surface area contributed by atoms with Gasteiger partial charge in [0.2, 0.25) is 0 Å². The highest BCUT2D eigenvalue weighted by atomic mass is 16.5. The molecule has 0 amide bonds. The fourth-order valence-corrected chi connectivity index (χ4v) is 3.41. The van der Waals surface area contributed by atoms with Crippen LogP contribution in [0.2, 0.25) is 0 Å². The van der Waals surface area contributed by atoms with Crippen LogP contribution < -0.4 is 19.5 Å². The first kappa shape index (κ1) is 19.5. The number of nitrogens with zero attached hydrogens (tertiary/aromatic N) is 2. The molecule has 1 aliphatic heterocycles. The molecule has 1 aromatic heterocycles. The SMILES string of the molecule is COc1cc(CN2CCN[C@H](c3ccccc3OC(C)C)C2)cnc1OC. The van der Waals surface area contributed by atoms with Crippen molar-refractivity contribution in [3.8, 4) is 17.4 Å². The molecule has 1 saturated heterocycles. The molecule has 0 aliphatic carbocycles. The topological polar surface area (TPSA) is 55.9 Å². The number of para-hydroxylation sites is 1. The Morgan fingerprint density at radius 2 is 2.00 bits per heavy atom. The molecule has 1 aliphatic rings. The van der Waals surface area contributed by atoms with Crippen LogP contribution >= 0.6 is 0 Å². The van der Waals surface area contributed by atoms with Crippen LogP contribution in [0.3, 0.4) is 0 Å². The van der Waals surface area contributed by atoms with Crippen molar-refractivity contribution in [1.82, 2.24) is 15.2 Å². The summed E-state index contributed by atoms with van der Waals surface area (Å²) in [5.41, 5.74) is 2.32. The number of rotatable bonds is 7. The molecule has 2 heterocycles. The number of pyridine rings is 1. The lowest BCUT2D eigenvalue weighted by atomic mass is 10.0. The van der Waals surface area contributed by atoms with Gasteiger partial charge >= 0.3 is 0 Å². The van der Waals surface area contributed by atoms with Gasteiger partial charge in [-0.2, -0.15) is 0 Å². The summed E-state index contributed by atoms with van der Waals surface area (Å²) in [5.74, 6) is 2.14. The molecule has 27 heavy (non-hydrogen) atoms. The van der Waals surface area contributed by atoms with E-state index in [1.165, 1.54) is 5.56 Å². The predicted octanol–water partition coefficient (Wildman–Crippen LogP) is 3.03. The molecule has 6 nitrogen and oxygen atoms in total. The zero-order valence-corrected chi connectivity index (χ0v) is 16.6. The Kier molecular flexibility index (Phi) is 6.53. The monoisotopic (exact) mass is 371 g/mol. The van der Waals surface area contributed by atoms with Crippen LogP contribution in [0.5, 0.6) is 17.4 Å². The van der Waals surface area contributed by atoms with Crippen molar-refractivity contribution in [1.29, 1.82) is 0 Å². The van der Waals surface area contributed by atoms with Crippen molar-refractivity contribution in [3.05, 3.63) is 47.7 Å². The number of aromatic nitrogens is 1. The summed E-state index contributed by atoms with van der Waals surface area (Å²) >= 11 is 0. The van der Waals surface area contributed by atoms with Gasteiger partial charge < -0.3 is 19.5 Å². The van der Waals surface area contributed by atoms with E-state index in [0.29, 0.717) is 11.6 Å². The lowest BCUT2D eigenvalue weighted by Crippen LogP contribution is -2.45. The highest BCUT2D eigenvalue weighted by molar-refractivity contribution is 5.37. The van der Waals surface area contributed by atoms with E-state index >= 15 is 0 Å². The van der Waals surface area contributed by atoms with Gasteiger partial charge in [-0.05, 0) is 31.5 Å². The fraction of sp³-hybridized carbons (Fsp3) is 0.476. The van der Waals surface area contributed by atoms with Gasteiger partial charge in [-0.25, -0.2) is 4.98 Å². The Morgan fingerprint density at radius 1 is 1.19 bits per heavy atom. The van der Waals surface area contributed by atoms with Crippen molar-refractivity contribution >= 4 is 0 Å². The first-order valence-electron chi connectivity index (χ1n) is 9.39. The van der Waals surface area contributed by atoms with E-state index < -0.39 is 0 Å². The van der Waals surface area contributed by atoms with Crippen LogP contribution in [0, 0.1) is 0 Å². The van der Waals surface area contributed by atoms with Gasteiger partial charge in [0.25, 0.3) is 5.88 Å². The highest BCUT2D eigenvalue weighted by Gasteiger charge is 2.24. The number of hydrogen-bond acceptors (Lipinski definition) is 6. The number of nitrogens with one attached hydrogen (secondary N) is 1. The summed E-state index contributed by atoms with van der Waals surface area (Å²) in [6, 6.07) is 10.5. The molecular formula is C21H29N3O3. The Morgan fingerprint density at radius 3 is 2.74 bits per heavy atom. The van der Waals surface area contributed by atoms with Gasteiger partial charge in [0.1, 0.15) is 5.75 Å². The average molecular weight is 371 g/mol. The van der Waals surface area contributed by atoms with Crippen LogP contribution in [0.4, 0.5) is 0 Å². The summed E-state index contributed by atoms with van der Waals surface area (Å²) in [6.45, 7) is 7.76. The van der Waals surface area contributed by atoms with E-state index in [2.05, 4.69) is 41.2 Å². The average Bonchev–Trinajstić information content (AvgIpc) is 2.68. The Labute approximate surface area is 161 Å². The lowest BCUT2D eigenvalue weighted by molar-refractivity contribution is 0.185. The van der Waals surface area contributed by atoms with Gasteiger partial charge in [-0.3, -0.25) is 4.90 Å². The minimum atomic E-state index is 0.156. The highest BCUT2D eigenvalue weighted by Crippen LogP contribution is 2.29. The fourth-order valence-electron chi connectivity index (χ4n) is 3.41. The summed E-state index contributed by atoms with van der Waals surface area (Å²) in [7, 11) is 3.23. The molecule has 1 N–H and O–H groups in total. The molecule has 2 aromatic rings. The van der Waals surface area contributed by atoms with Gasteiger partial charge in [-0.1, -0.05) is 18.2 Å². The molecule has 1 aromatic carbocycles. The maximum absolute atomic E-state index is 6.01. The van der Waals surface area contributed by atoms with Crippen LogP contribution in [-0.2, 0) is 6.54 Å². The maximum atomic E-state index is 6.01. The summed E-state index contributed by atoms with van der Waals surface area (Å²) in [5, 5.41) is 3.62. The second-order valence-electron chi connectivity index (χ2n) is 7.00. The minimum absolute atomic E-state index is 0.156. The molecule has 146 valence electrons. The largest absolute Gasteiger partial charge is 0.491 e. The molecule has 0 saturated carbocycles. The third-order valence-corrected chi connectivity index (χ3v) is 4.61. The second-order valence-corrected chi connectivity index (χ2v) is 7.00. The Bertz CT molecular complexity index is 751. The van der Waals surface area contributed by atoms with E-state index in [1.54, 1.807) is 14.2 Å². The quantitative estimate of drug-likeness (QED) is 0.807. The number of piperazine rings is 1. The molecule has 0 spiro atoms. The van der Waals surface area contributed by atoms with Gasteiger partial charge in [0, 0.05) is 44.0 Å². The Hall–Kier alpha value is -2.31. The van der Waals surface area contributed by atoms with Crippen LogP contribution in [0.1, 0.15) is 31.0 Å². The van der Waals surface area contributed by atoms with E-state index in [9.17, 15) is 0 Å². The molecule has 0 bridgehead atoms. The second kappa shape index (κ2) is 9.06. The van der Waals surface area contributed by atoms with Crippen LogP contribution in [0.25, 0.3) is 0 Å². The molecular weight excluding hydrogens is 342 g/mol. The van der Waals surface area contributed by atoms with Crippen molar-refractivity contribution in [2.45, 2.75) is 32.5 Å². The van der Waals surface area contributed by atoms with E-state index in [0.717, 1.165) is 37.5 Å². The summed E-state index contributed by atoms with van der Waals surface area (Å²) in [4.78, 5) is 6.77. The summed E-state index contributed by atoms with van der Waals surface area (Å²) in [6.07, 6.45) is 2.01. The van der Waals surface area contributed by atoms with Gasteiger partial charge in [-0.15, -0.1) is 0 Å². The first-order valence-corrected chi connectivity index (χ1v) is 9.39. The first-order chi connectivity index (χ1) is 13.1. The molecule has 3 rings (SSSR count). The van der Waals surface area contributed by atoms with E-state index in [-0.39, 0.29) is 12.1 Å². The molecule has 0 unspecified atom stereocenters. The third-order valence-electron chi connectivity index (χ3n) is 4.61. The zero-order chi connectivity index (χ0) is 19.2. The van der Waals surface area contributed by atoms with Crippen LogP contribution in [0.15, 0.2) is 36.5 Å².